The quantitative estimate of drug-likeness (QED) is 0.759. The highest BCUT2D eigenvalue weighted by Crippen LogP contribution is 2.26. The predicted octanol–water partition coefficient (Wildman–Crippen LogP) is 2.74. The molecule has 3 heterocycles. The highest BCUT2D eigenvalue weighted by molar-refractivity contribution is 7.13. The van der Waals surface area contributed by atoms with Crippen LogP contribution in [0.3, 0.4) is 0 Å². The number of hydrogen-bond acceptors (Lipinski definition) is 6. The van der Waals surface area contributed by atoms with Crippen molar-refractivity contribution in [3.05, 3.63) is 29.0 Å². The monoisotopic (exact) mass is 378 g/mol. The van der Waals surface area contributed by atoms with Crippen molar-refractivity contribution in [1.29, 1.82) is 0 Å². The molecule has 1 atom stereocenters. The zero-order valence-electron chi connectivity index (χ0n) is 14.6. The minimum Gasteiger partial charge on any atom is -0.481 e. The van der Waals surface area contributed by atoms with Crippen molar-refractivity contribution >= 4 is 23.2 Å². The van der Waals surface area contributed by atoms with Crippen LogP contribution in [0.4, 0.5) is 0 Å². The van der Waals surface area contributed by atoms with Gasteiger partial charge in [0.2, 0.25) is 11.8 Å². The standard InChI is InChI=1S/C18H22N2O5S/c1-12-14(19-18(25-12)15-5-3-9-26-15)10-16(21)20(7-6-17(22)23)11-13-4-2-8-24-13/h3,5,9,13H,2,4,6-8,10-11H2,1H3,(H,22,23). The Balaban J connectivity index is 1.68. The summed E-state index contributed by atoms with van der Waals surface area (Å²) >= 11 is 1.52. The molecule has 1 saturated heterocycles. The van der Waals surface area contributed by atoms with Crippen LogP contribution in [0.2, 0.25) is 0 Å². The lowest BCUT2D eigenvalue weighted by Gasteiger charge is -2.24. The van der Waals surface area contributed by atoms with Crippen molar-refractivity contribution in [1.82, 2.24) is 9.88 Å². The summed E-state index contributed by atoms with van der Waals surface area (Å²) in [6, 6.07) is 3.83. The molecular formula is C18H22N2O5S. The first-order valence-electron chi connectivity index (χ1n) is 8.64. The summed E-state index contributed by atoms with van der Waals surface area (Å²) in [5.74, 6) is 0.0391. The minimum atomic E-state index is -0.923. The molecular weight excluding hydrogens is 356 g/mol. The zero-order chi connectivity index (χ0) is 18.5. The van der Waals surface area contributed by atoms with E-state index in [-0.39, 0.29) is 31.4 Å². The molecule has 1 aliphatic heterocycles. The number of amides is 1. The number of aliphatic carboxylic acids is 1. The second kappa shape index (κ2) is 8.46. The number of aryl methyl sites for hydroxylation is 1. The van der Waals surface area contributed by atoms with Gasteiger partial charge in [-0.1, -0.05) is 6.07 Å². The SMILES string of the molecule is Cc1oc(-c2cccs2)nc1CC(=O)N(CCC(=O)O)CC1CCCO1. The van der Waals surface area contributed by atoms with Gasteiger partial charge in [-0.25, -0.2) is 4.98 Å². The first-order valence-corrected chi connectivity index (χ1v) is 9.52. The Morgan fingerprint density at radius 2 is 2.31 bits per heavy atom. The smallest absolute Gasteiger partial charge is 0.305 e. The van der Waals surface area contributed by atoms with Gasteiger partial charge in [0.25, 0.3) is 0 Å². The molecule has 0 bridgehead atoms. The maximum absolute atomic E-state index is 12.8. The highest BCUT2D eigenvalue weighted by atomic mass is 32.1. The van der Waals surface area contributed by atoms with Gasteiger partial charge in [0.05, 0.1) is 29.5 Å². The van der Waals surface area contributed by atoms with Gasteiger partial charge in [-0.15, -0.1) is 11.3 Å². The van der Waals surface area contributed by atoms with E-state index in [9.17, 15) is 9.59 Å². The Hall–Kier alpha value is -2.19. The van der Waals surface area contributed by atoms with Crippen LogP contribution in [0.1, 0.15) is 30.7 Å². The second-order valence-electron chi connectivity index (χ2n) is 6.29. The molecule has 7 nitrogen and oxygen atoms in total. The van der Waals surface area contributed by atoms with Gasteiger partial charge in [0.15, 0.2) is 0 Å². The summed E-state index contributed by atoms with van der Waals surface area (Å²) in [4.78, 5) is 30.6. The average Bonchev–Trinajstić information content (AvgIpc) is 3.34. The number of carbonyl (C=O) groups is 2. The van der Waals surface area contributed by atoms with E-state index in [1.807, 2.05) is 17.5 Å². The lowest BCUT2D eigenvalue weighted by Crippen LogP contribution is -2.39. The van der Waals surface area contributed by atoms with E-state index in [4.69, 9.17) is 14.3 Å². The molecule has 0 spiro atoms. The number of carbonyl (C=O) groups excluding carboxylic acids is 1. The molecule has 26 heavy (non-hydrogen) atoms. The van der Waals surface area contributed by atoms with Crippen molar-refractivity contribution in [3.63, 3.8) is 0 Å². The molecule has 2 aromatic heterocycles. The lowest BCUT2D eigenvalue weighted by atomic mass is 10.2. The number of carboxylic acids is 1. The number of oxazole rings is 1. The number of carboxylic acid groups (broad SMARTS) is 1. The van der Waals surface area contributed by atoms with Crippen molar-refractivity contribution < 1.29 is 23.8 Å². The Morgan fingerprint density at radius 1 is 1.46 bits per heavy atom. The van der Waals surface area contributed by atoms with E-state index < -0.39 is 5.97 Å². The molecule has 3 rings (SSSR count). The number of rotatable bonds is 8. The topological polar surface area (TPSA) is 92.9 Å². The summed E-state index contributed by atoms with van der Waals surface area (Å²) in [6.07, 6.45) is 1.84. The summed E-state index contributed by atoms with van der Waals surface area (Å²) in [5, 5.41) is 10.9. The molecule has 2 aromatic rings. The maximum atomic E-state index is 12.8. The molecule has 0 saturated carbocycles. The van der Waals surface area contributed by atoms with E-state index in [1.165, 1.54) is 11.3 Å². The number of aromatic nitrogens is 1. The first kappa shape index (κ1) is 18.6. The van der Waals surface area contributed by atoms with Gasteiger partial charge in [-0.05, 0) is 31.2 Å². The van der Waals surface area contributed by atoms with Crippen molar-refractivity contribution in [2.75, 3.05) is 19.7 Å². The van der Waals surface area contributed by atoms with Gasteiger partial charge < -0.3 is 19.2 Å². The summed E-state index contributed by atoms with van der Waals surface area (Å²) in [5.41, 5.74) is 0.589. The molecule has 1 unspecified atom stereocenters. The van der Waals surface area contributed by atoms with Crippen molar-refractivity contribution in [2.24, 2.45) is 0 Å². The van der Waals surface area contributed by atoms with Crippen LogP contribution >= 0.6 is 11.3 Å². The van der Waals surface area contributed by atoms with Gasteiger partial charge in [0.1, 0.15) is 5.76 Å². The Bertz CT molecular complexity index is 750. The number of thiophene rings is 1. The largest absolute Gasteiger partial charge is 0.481 e. The highest BCUT2D eigenvalue weighted by Gasteiger charge is 2.25. The van der Waals surface area contributed by atoms with E-state index in [0.717, 1.165) is 17.7 Å². The summed E-state index contributed by atoms with van der Waals surface area (Å²) in [6.45, 7) is 3.07. The number of nitrogens with zero attached hydrogens (tertiary/aromatic N) is 2. The van der Waals surface area contributed by atoms with E-state index in [1.54, 1.807) is 11.8 Å². The summed E-state index contributed by atoms with van der Waals surface area (Å²) in [7, 11) is 0. The fourth-order valence-electron chi connectivity index (χ4n) is 2.94. The number of hydrogen-bond donors (Lipinski definition) is 1. The molecule has 1 aliphatic rings. The lowest BCUT2D eigenvalue weighted by molar-refractivity contribution is -0.139. The predicted molar refractivity (Wildman–Crippen MR) is 96.1 cm³/mol. The van der Waals surface area contributed by atoms with Crippen LogP contribution in [-0.4, -0.2) is 52.7 Å². The van der Waals surface area contributed by atoms with Crippen LogP contribution < -0.4 is 0 Å². The Labute approximate surface area is 155 Å². The van der Waals surface area contributed by atoms with Gasteiger partial charge in [-0.3, -0.25) is 9.59 Å². The first-order chi connectivity index (χ1) is 12.5. The Morgan fingerprint density at radius 3 is 2.96 bits per heavy atom. The van der Waals surface area contributed by atoms with Crippen LogP contribution in [0.5, 0.6) is 0 Å². The van der Waals surface area contributed by atoms with Gasteiger partial charge >= 0.3 is 5.97 Å². The third kappa shape index (κ3) is 4.70. The van der Waals surface area contributed by atoms with Crippen LogP contribution in [-0.2, 0) is 20.7 Å². The molecule has 8 heteroatoms. The van der Waals surface area contributed by atoms with E-state index in [2.05, 4.69) is 4.98 Å². The number of ether oxygens (including phenoxy) is 1. The molecule has 1 fully saturated rings. The Kier molecular flexibility index (Phi) is 6.05. The van der Waals surface area contributed by atoms with Gasteiger partial charge in [-0.2, -0.15) is 0 Å². The van der Waals surface area contributed by atoms with Crippen molar-refractivity contribution in [2.45, 2.75) is 38.7 Å². The van der Waals surface area contributed by atoms with Crippen LogP contribution in [0.25, 0.3) is 10.8 Å². The molecule has 1 amide bonds. The fraction of sp³-hybridized carbons (Fsp3) is 0.500. The molecule has 0 aliphatic carbocycles. The fourth-order valence-corrected chi connectivity index (χ4v) is 3.58. The van der Waals surface area contributed by atoms with E-state index in [0.29, 0.717) is 30.5 Å². The maximum Gasteiger partial charge on any atom is 0.305 e. The average molecular weight is 378 g/mol. The molecule has 1 N–H and O–H groups in total. The minimum absolute atomic E-state index is 0.0205. The van der Waals surface area contributed by atoms with Gasteiger partial charge in [0, 0.05) is 19.7 Å². The van der Waals surface area contributed by atoms with Crippen LogP contribution in [0.15, 0.2) is 21.9 Å². The van der Waals surface area contributed by atoms with Crippen molar-refractivity contribution in [3.8, 4) is 10.8 Å². The third-order valence-electron chi connectivity index (χ3n) is 4.34. The third-order valence-corrected chi connectivity index (χ3v) is 5.20. The second-order valence-corrected chi connectivity index (χ2v) is 7.24. The normalized spacial score (nSPS) is 16.7. The molecule has 140 valence electrons. The zero-order valence-corrected chi connectivity index (χ0v) is 15.5. The molecule has 0 radical (unpaired) electrons. The van der Waals surface area contributed by atoms with Crippen LogP contribution in [0, 0.1) is 6.92 Å². The summed E-state index contributed by atoms with van der Waals surface area (Å²) < 4.78 is 11.3. The molecule has 0 aromatic carbocycles. The van der Waals surface area contributed by atoms with E-state index >= 15 is 0 Å².